The Labute approximate surface area is 536 Å². The van der Waals surface area contributed by atoms with Gasteiger partial charge in [-0.15, -0.1) is 0 Å². The van der Waals surface area contributed by atoms with Crippen LogP contribution in [0.25, 0.3) is 110 Å². The molecule has 0 radical (unpaired) electrons. The zero-order valence-electron chi connectivity index (χ0n) is 51.7. The maximum absolute atomic E-state index is 6.87. The minimum Gasteiger partial charge on any atom is -0.454 e. The van der Waals surface area contributed by atoms with E-state index in [4.69, 9.17) is 8.83 Å². The number of furan rings is 2. The van der Waals surface area contributed by atoms with Gasteiger partial charge in [0.1, 0.15) is 11.2 Å². The molecule has 18 rings (SSSR count). The van der Waals surface area contributed by atoms with Gasteiger partial charge in [-0.1, -0.05) is 252 Å². The Morgan fingerprint density at radius 1 is 0.239 bits per heavy atom. The van der Waals surface area contributed by atoms with Crippen LogP contribution in [0.15, 0.2) is 324 Å². The first-order chi connectivity index (χ1) is 45.1. The highest BCUT2D eigenvalue weighted by Crippen LogP contribution is 2.54. The molecule has 438 valence electrons. The van der Waals surface area contributed by atoms with Crippen molar-refractivity contribution in [3.63, 3.8) is 0 Å². The van der Waals surface area contributed by atoms with Gasteiger partial charge in [0.15, 0.2) is 11.2 Å². The van der Waals surface area contributed by atoms with E-state index in [-0.39, 0.29) is 10.8 Å². The van der Waals surface area contributed by atoms with Gasteiger partial charge in [0.2, 0.25) is 0 Å². The molecular formula is C88H64N2O2. The lowest BCUT2D eigenvalue weighted by Crippen LogP contribution is -2.14. The summed E-state index contributed by atoms with van der Waals surface area (Å²) in [6.07, 6.45) is 0. The lowest BCUT2D eigenvalue weighted by atomic mass is 9.82. The molecule has 92 heavy (non-hydrogen) atoms. The predicted octanol–water partition coefficient (Wildman–Crippen LogP) is 24.9. The zero-order chi connectivity index (χ0) is 61.7. The van der Waals surface area contributed by atoms with Gasteiger partial charge in [-0.25, -0.2) is 0 Å². The zero-order valence-corrected chi connectivity index (χ0v) is 51.7. The van der Waals surface area contributed by atoms with Gasteiger partial charge in [0.05, 0.1) is 11.4 Å². The summed E-state index contributed by atoms with van der Waals surface area (Å²) in [4.78, 5) is 4.63. The van der Waals surface area contributed by atoms with E-state index in [1.807, 2.05) is 0 Å². The smallest absolute Gasteiger partial charge is 0.159 e. The van der Waals surface area contributed by atoms with Crippen LogP contribution in [0.3, 0.4) is 0 Å². The molecule has 4 heteroatoms. The van der Waals surface area contributed by atoms with Crippen LogP contribution in [0.1, 0.15) is 49.9 Å². The van der Waals surface area contributed by atoms with Gasteiger partial charge in [-0.2, -0.15) is 0 Å². The van der Waals surface area contributed by atoms with Crippen LogP contribution >= 0.6 is 0 Å². The maximum Gasteiger partial charge on any atom is 0.159 e. The van der Waals surface area contributed by atoms with Crippen molar-refractivity contribution in [2.75, 3.05) is 9.80 Å². The quantitative estimate of drug-likeness (QED) is 0.144. The Hall–Kier alpha value is -11.5. The normalized spacial score (nSPS) is 13.2. The lowest BCUT2D eigenvalue weighted by molar-refractivity contribution is 0.647. The first-order valence-corrected chi connectivity index (χ1v) is 31.9. The van der Waals surface area contributed by atoms with E-state index < -0.39 is 0 Å². The Morgan fingerprint density at radius 2 is 0.598 bits per heavy atom. The van der Waals surface area contributed by atoms with E-state index >= 15 is 0 Å². The SMILES string of the molecule is CC1(C)c2ccccc2-c2cc3c(cc21)oc1c(N(c2ccc(-c4ccccc4)cc2)c2ccc(-c4ccccc4)cc2)cccc13.CC1(C)c2ccccc2-c2cc3c(cc21)oc1c(N(c2ccccc2)c2ccc(-c4ccc5ccccc5c4)cc2)cccc13. The highest BCUT2D eigenvalue weighted by Gasteiger charge is 2.38. The molecule has 2 aliphatic rings. The van der Waals surface area contributed by atoms with E-state index in [1.54, 1.807) is 0 Å². The van der Waals surface area contributed by atoms with Crippen molar-refractivity contribution in [1.29, 1.82) is 0 Å². The van der Waals surface area contributed by atoms with E-state index in [1.165, 1.54) is 88.7 Å². The summed E-state index contributed by atoms with van der Waals surface area (Å²) < 4.78 is 13.7. The molecule has 0 aliphatic heterocycles. The average molecular weight is 1180 g/mol. The van der Waals surface area contributed by atoms with Gasteiger partial charge >= 0.3 is 0 Å². The molecule has 0 spiro atoms. The van der Waals surface area contributed by atoms with Crippen molar-refractivity contribution < 1.29 is 8.83 Å². The van der Waals surface area contributed by atoms with Gasteiger partial charge in [-0.3, -0.25) is 0 Å². The van der Waals surface area contributed by atoms with Gasteiger partial charge < -0.3 is 18.6 Å². The number of para-hydroxylation sites is 3. The fourth-order valence-corrected chi connectivity index (χ4v) is 14.8. The second-order valence-electron chi connectivity index (χ2n) is 25.6. The first-order valence-electron chi connectivity index (χ1n) is 31.9. The largest absolute Gasteiger partial charge is 0.454 e. The topological polar surface area (TPSA) is 32.8 Å². The van der Waals surface area contributed by atoms with Crippen LogP contribution in [-0.2, 0) is 10.8 Å². The number of benzene rings is 14. The molecule has 0 saturated carbocycles. The number of fused-ring (bicyclic) bond motifs is 13. The molecule has 0 amide bonds. The van der Waals surface area contributed by atoms with Gasteiger partial charge in [0, 0.05) is 55.1 Å². The summed E-state index contributed by atoms with van der Waals surface area (Å²) in [6, 6.07) is 113. The number of rotatable bonds is 9. The number of hydrogen-bond acceptors (Lipinski definition) is 4. The highest BCUT2D eigenvalue weighted by atomic mass is 16.3. The van der Waals surface area contributed by atoms with E-state index in [2.05, 4.69) is 353 Å². The van der Waals surface area contributed by atoms with Crippen molar-refractivity contribution in [1.82, 2.24) is 0 Å². The van der Waals surface area contributed by atoms with Crippen molar-refractivity contribution in [3.8, 4) is 55.6 Å². The molecule has 0 bridgehead atoms. The van der Waals surface area contributed by atoms with E-state index in [0.717, 1.165) is 78.0 Å². The van der Waals surface area contributed by atoms with E-state index in [0.29, 0.717) is 0 Å². The standard InChI is InChI=1S/C45H33NO.C43H31NO/c1-45(2)40-18-10-9-16-36(40)38-28-39-37-17-11-19-42(44(37)47-43(39)29-41(38)45)46(34-24-20-32(21-25-34)30-12-5-3-6-13-30)35-26-22-33(23-27-35)31-14-7-4-8-15-31;1-43(2)38-17-9-8-15-34(38)36-26-37-35-16-10-18-40(42(35)45-41(37)27-39(36)43)44(32-13-4-3-5-14-32)33-23-21-29(22-24-33)31-20-19-28-11-6-7-12-30(28)25-31/h3-29H,1-2H3;3-27H,1-2H3. The Kier molecular flexibility index (Phi) is 12.9. The molecule has 4 nitrogen and oxygen atoms in total. The molecule has 0 atom stereocenters. The fraction of sp³-hybridized carbons (Fsp3) is 0.0682. The molecule has 2 aliphatic carbocycles. The summed E-state index contributed by atoms with van der Waals surface area (Å²) in [7, 11) is 0. The summed E-state index contributed by atoms with van der Waals surface area (Å²) in [5, 5.41) is 7.05. The van der Waals surface area contributed by atoms with Crippen molar-refractivity contribution >= 4 is 88.8 Å². The van der Waals surface area contributed by atoms with Gasteiger partial charge in [-0.05, 0) is 180 Å². The molecule has 2 heterocycles. The van der Waals surface area contributed by atoms with Crippen LogP contribution < -0.4 is 9.80 Å². The molecule has 14 aromatic carbocycles. The minimum atomic E-state index is -0.0883. The molecule has 0 fully saturated rings. The van der Waals surface area contributed by atoms with E-state index in [9.17, 15) is 0 Å². The third-order valence-corrected chi connectivity index (χ3v) is 19.5. The summed E-state index contributed by atoms with van der Waals surface area (Å²) in [6.45, 7) is 9.27. The molecular weight excluding hydrogens is 1120 g/mol. The minimum absolute atomic E-state index is 0.0786. The van der Waals surface area contributed by atoms with Crippen LogP contribution in [-0.4, -0.2) is 0 Å². The summed E-state index contributed by atoms with van der Waals surface area (Å²) in [5.41, 5.74) is 27.6. The number of anilines is 6. The lowest BCUT2D eigenvalue weighted by Gasteiger charge is -2.26. The van der Waals surface area contributed by atoms with Crippen molar-refractivity contribution in [2.45, 2.75) is 38.5 Å². The van der Waals surface area contributed by atoms with Crippen LogP contribution in [0.5, 0.6) is 0 Å². The van der Waals surface area contributed by atoms with Crippen LogP contribution in [0.4, 0.5) is 34.1 Å². The molecule has 0 unspecified atom stereocenters. The van der Waals surface area contributed by atoms with Crippen LogP contribution in [0.2, 0.25) is 0 Å². The Bertz CT molecular complexity index is 5410. The summed E-state index contributed by atoms with van der Waals surface area (Å²) >= 11 is 0. The molecule has 2 aromatic heterocycles. The summed E-state index contributed by atoms with van der Waals surface area (Å²) in [5.74, 6) is 0. The molecule has 0 N–H and O–H groups in total. The maximum atomic E-state index is 6.87. The molecule has 0 saturated heterocycles. The van der Waals surface area contributed by atoms with Crippen molar-refractivity contribution in [3.05, 3.63) is 338 Å². The number of nitrogens with zero attached hydrogens (tertiary/aromatic N) is 2. The second-order valence-corrected chi connectivity index (χ2v) is 25.6. The van der Waals surface area contributed by atoms with Crippen molar-refractivity contribution in [2.24, 2.45) is 0 Å². The second kappa shape index (κ2) is 21.7. The first kappa shape index (κ1) is 54.7. The third-order valence-electron chi connectivity index (χ3n) is 19.5. The Morgan fingerprint density at radius 3 is 1.05 bits per heavy atom. The Balaban J connectivity index is 0.000000141. The third kappa shape index (κ3) is 9.04. The monoisotopic (exact) mass is 1180 g/mol. The predicted molar refractivity (Wildman–Crippen MR) is 386 cm³/mol. The van der Waals surface area contributed by atoms with Crippen LogP contribution in [0, 0.1) is 0 Å². The van der Waals surface area contributed by atoms with Gasteiger partial charge in [0.25, 0.3) is 0 Å². The molecule has 16 aromatic rings. The average Bonchev–Trinajstić information content (AvgIpc) is 1.57. The number of hydrogen-bond donors (Lipinski definition) is 0. The highest BCUT2D eigenvalue weighted by molar-refractivity contribution is 6.14. The fourth-order valence-electron chi connectivity index (χ4n) is 14.8.